The Labute approximate surface area is 182 Å². The molecule has 0 saturated carbocycles. The fourth-order valence-corrected chi connectivity index (χ4v) is 4.63. The molecule has 0 aliphatic carbocycles. The highest BCUT2D eigenvalue weighted by molar-refractivity contribution is 7.39. The molecule has 4 aromatic rings. The van der Waals surface area contributed by atoms with Crippen LogP contribution in [0.2, 0.25) is 0 Å². The molecule has 31 heavy (non-hydrogen) atoms. The zero-order chi connectivity index (χ0) is 22.1. The minimum Gasteiger partial charge on any atom is -0.480 e. The zero-order valence-electron chi connectivity index (χ0n) is 16.9. The molecule has 4 rings (SSSR count). The lowest BCUT2D eigenvalue weighted by atomic mass is 10.1. The van der Waals surface area contributed by atoms with Gasteiger partial charge in [0.15, 0.2) is 18.4 Å². The zero-order valence-corrected chi connectivity index (χ0v) is 18.6. The first-order valence-corrected chi connectivity index (χ1v) is 11.3. The van der Waals surface area contributed by atoms with Crippen LogP contribution in [-0.2, 0) is 10.9 Å². The molecule has 162 valence electrons. The molecule has 0 fully saturated rings. The van der Waals surface area contributed by atoms with Gasteiger partial charge in [-0.2, -0.15) is 0 Å². The van der Waals surface area contributed by atoms with Gasteiger partial charge in [-0.05, 0) is 31.0 Å². The average molecular weight is 463 g/mol. The van der Waals surface area contributed by atoms with Gasteiger partial charge in [0.1, 0.15) is 5.01 Å². The molecule has 2 heterocycles. The van der Waals surface area contributed by atoms with Gasteiger partial charge in [0, 0.05) is 17.2 Å². The number of hydrogen-bond donors (Lipinski definition) is 2. The molecule has 11 heteroatoms. The summed E-state index contributed by atoms with van der Waals surface area (Å²) in [7, 11) is -1.05. The molecule has 0 saturated heterocycles. The number of methoxy groups -OCH3 is 1. The number of rotatable bonds is 7. The monoisotopic (exact) mass is 463 g/mol. The van der Waals surface area contributed by atoms with E-state index in [1.807, 2.05) is 26.0 Å². The first kappa shape index (κ1) is 21.7. The lowest BCUT2D eigenvalue weighted by Crippen LogP contribution is -2.04. The molecule has 2 aromatic heterocycles. The van der Waals surface area contributed by atoms with E-state index in [4.69, 9.17) is 19.3 Å². The summed E-state index contributed by atoms with van der Waals surface area (Å²) in [4.78, 5) is 31.3. The maximum absolute atomic E-state index is 14.7. The van der Waals surface area contributed by atoms with Crippen molar-refractivity contribution >= 4 is 41.2 Å². The summed E-state index contributed by atoms with van der Waals surface area (Å²) in [5.41, 5.74) is 4.27. The Balaban J connectivity index is 1.85. The number of hydrogen-bond acceptors (Lipinski definition) is 9. The van der Waals surface area contributed by atoms with Gasteiger partial charge in [0.25, 0.3) is 0 Å². The van der Waals surface area contributed by atoms with E-state index >= 15 is 0 Å². The molecule has 0 amide bonds. The molecule has 8 nitrogen and oxygen atoms in total. The third-order valence-corrected chi connectivity index (χ3v) is 6.12. The van der Waals surface area contributed by atoms with Crippen LogP contribution in [0.15, 0.2) is 24.4 Å². The smallest absolute Gasteiger partial charge is 0.330 e. The molecule has 0 aliphatic rings. The molecule has 0 bridgehead atoms. The van der Waals surface area contributed by atoms with E-state index in [1.165, 1.54) is 24.5 Å². The third kappa shape index (κ3) is 4.30. The molecule has 0 radical (unpaired) electrons. The molecular formula is C20H19FN3O5PS. The van der Waals surface area contributed by atoms with Crippen LogP contribution in [0.3, 0.4) is 0 Å². The van der Waals surface area contributed by atoms with E-state index in [9.17, 15) is 4.39 Å². The average Bonchev–Trinajstić information content (AvgIpc) is 3.15. The first-order chi connectivity index (χ1) is 14.9. The van der Waals surface area contributed by atoms with E-state index in [0.717, 1.165) is 15.8 Å². The summed E-state index contributed by atoms with van der Waals surface area (Å²) in [6, 6.07) is 5.19. The first-order valence-electron chi connectivity index (χ1n) is 9.28. The summed E-state index contributed by atoms with van der Waals surface area (Å²) >= 11 is 1.41. The standard InChI is InChI=1S/C20H19FN3O5PS/c1-4-11-18(28-9-29-30(25)26)13(21)7-15-19(11)31-20(24-15)12-5-10(2)6-14-17(12)22-8-16(23-14)27-3/h5-8,25-26H,4,9H2,1-3H3. The van der Waals surface area contributed by atoms with Gasteiger partial charge in [-0.25, -0.2) is 19.3 Å². The van der Waals surface area contributed by atoms with Crippen molar-refractivity contribution in [2.75, 3.05) is 13.9 Å². The Bertz CT molecular complexity index is 1270. The number of aromatic nitrogens is 3. The predicted molar refractivity (Wildman–Crippen MR) is 117 cm³/mol. The van der Waals surface area contributed by atoms with Crippen LogP contribution in [0.25, 0.3) is 31.8 Å². The maximum atomic E-state index is 14.7. The molecule has 2 aromatic carbocycles. The van der Waals surface area contributed by atoms with E-state index in [-0.39, 0.29) is 5.75 Å². The van der Waals surface area contributed by atoms with Crippen LogP contribution in [-0.4, -0.2) is 38.6 Å². The Morgan fingerprint density at radius 1 is 1.16 bits per heavy atom. The van der Waals surface area contributed by atoms with E-state index in [0.29, 0.717) is 39.4 Å². The minimum atomic E-state index is -2.58. The summed E-state index contributed by atoms with van der Waals surface area (Å²) in [5, 5.41) is 0.680. The van der Waals surface area contributed by atoms with Crippen molar-refractivity contribution in [2.45, 2.75) is 20.3 Å². The number of thiazole rings is 1. The van der Waals surface area contributed by atoms with Crippen molar-refractivity contribution in [2.24, 2.45) is 0 Å². The lowest BCUT2D eigenvalue weighted by Gasteiger charge is -2.12. The van der Waals surface area contributed by atoms with E-state index in [2.05, 4.69) is 19.5 Å². The molecule has 2 N–H and O–H groups in total. The van der Waals surface area contributed by atoms with Crippen LogP contribution in [0, 0.1) is 12.7 Å². The van der Waals surface area contributed by atoms with Crippen molar-refractivity contribution in [3.63, 3.8) is 0 Å². The number of nitrogens with zero attached hydrogens (tertiary/aromatic N) is 3. The van der Waals surface area contributed by atoms with E-state index in [1.54, 1.807) is 6.20 Å². The highest BCUT2D eigenvalue weighted by Crippen LogP contribution is 2.40. The topological polar surface area (TPSA) is 107 Å². The molecule has 0 atom stereocenters. The normalized spacial score (nSPS) is 11.6. The number of benzene rings is 2. The highest BCUT2D eigenvalue weighted by atomic mass is 32.1. The Hall–Kier alpha value is -2.49. The van der Waals surface area contributed by atoms with Gasteiger partial charge in [-0.3, -0.25) is 4.52 Å². The number of fused-ring (bicyclic) bond motifs is 2. The number of ether oxygens (including phenoxy) is 2. The van der Waals surface area contributed by atoms with Gasteiger partial charge < -0.3 is 19.3 Å². The fraction of sp³-hybridized carbons (Fsp3) is 0.250. The van der Waals surface area contributed by atoms with Crippen molar-refractivity contribution in [1.29, 1.82) is 0 Å². The predicted octanol–water partition coefficient (Wildman–Crippen LogP) is 4.49. The van der Waals surface area contributed by atoms with Crippen LogP contribution < -0.4 is 9.47 Å². The maximum Gasteiger partial charge on any atom is 0.330 e. The van der Waals surface area contributed by atoms with Crippen LogP contribution in [0.4, 0.5) is 4.39 Å². The van der Waals surface area contributed by atoms with Gasteiger partial charge >= 0.3 is 8.60 Å². The third-order valence-electron chi connectivity index (χ3n) is 4.62. The van der Waals surface area contributed by atoms with Crippen molar-refractivity contribution < 1.29 is 28.2 Å². The second-order valence-electron chi connectivity index (χ2n) is 6.62. The lowest BCUT2D eigenvalue weighted by molar-refractivity contribution is 0.1000. The summed E-state index contributed by atoms with van der Waals surface area (Å²) < 4.78 is 30.7. The fourth-order valence-electron chi connectivity index (χ4n) is 3.31. The Morgan fingerprint density at radius 2 is 1.97 bits per heavy atom. The van der Waals surface area contributed by atoms with Crippen molar-refractivity contribution in [1.82, 2.24) is 15.0 Å². The Morgan fingerprint density at radius 3 is 2.68 bits per heavy atom. The number of halogens is 1. The van der Waals surface area contributed by atoms with Crippen molar-refractivity contribution in [3.05, 3.63) is 41.3 Å². The summed E-state index contributed by atoms with van der Waals surface area (Å²) in [6.07, 6.45) is 2.04. The summed E-state index contributed by atoms with van der Waals surface area (Å²) in [5.74, 6) is -0.161. The van der Waals surface area contributed by atoms with Crippen LogP contribution in [0.1, 0.15) is 18.1 Å². The minimum absolute atomic E-state index is 0.0145. The van der Waals surface area contributed by atoms with Gasteiger partial charge in [0.05, 0.1) is 34.6 Å². The largest absolute Gasteiger partial charge is 0.480 e. The molecule has 0 unspecified atom stereocenters. The second-order valence-corrected chi connectivity index (χ2v) is 8.39. The number of aryl methyl sites for hydroxylation is 2. The second kappa shape index (κ2) is 8.94. The van der Waals surface area contributed by atoms with Crippen LogP contribution in [0.5, 0.6) is 11.6 Å². The SMILES string of the molecule is CCc1c(OCOP(O)O)c(F)cc2nc(-c3cc(C)cc4nc(OC)cnc34)sc12. The quantitative estimate of drug-likeness (QED) is 0.305. The van der Waals surface area contributed by atoms with Gasteiger partial charge in [-0.1, -0.05) is 6.92 Å². The molecular weight excluding hydrogens is 444 g/mol. The Kier molecular flexibility index (Phi) is 6.27. The summed E-state index contributed by atoms with van der Waals surface area (Å²) in [6.45, 7) is 3.36. The molecule has 0 spiro atoms. The van der Waals surface area contributed by atoms with Crippen molar-refractivity contribution in [3.8, 4) is 22.2 Å². The van der Waals surface area contributed by atoms with Crippen LogP contribution >= 0.6 is 19.9 Å². The highest BCUT2D eigenvalue weighted by Gasteiger charge is 2.20. The molecule has 0 aliphatic heterocycles. The van der Waals surface area contributed by atoms with Gasteiger partial charge in [-0.15, -0.1) is 11.3 Å². The van der Waals surface area contributed by atoms with Gasteiger partial charge in [0.2, 0.25) is 5.88 Å². The van der Waals surface area contributed by atoms with E-state index < -0.39 is 21.2 Å².